The highest BCUT2D eigenvalue weighted by atomic mass is 79.9. The number of benzene rings is 3. The first-order chi connectivity index (χ1) is 16.4. The van der Waals surface area contributed by atoms with E-state index in [-0.39, 0.29) is 18.2 Å². The molecule has 0 aliphatic heterocycles. The first-order valence-electron chi connectivity index (χ1n) is 10.3. The van der Waals surface area contributed by atoms with Gasteiger partial charge in [0.2, 0.25) is 0 Å². The van der Waals surface area contributed by atoms with Crippen LogP contribution in [0.1, 0.15) is 28.6 Å². The number of nitrogens with zero attached hydrogens (tertiary/aromatic N) is 1. The third-order valence-corrected chi connectivity index (χ3v) is 5.87. The highest BCUT2D eigenvalue weighted by molar-refractivity contribution is 9.11. The largest absolute Gasteiger partial charge is 0.494 e. The molecule has 0 spiro atoms. The standard InChI is InChI=1S/C25H19Br2FN2O4/c1-2-32-19-6-7-22-17(11-19)12-23(34-22)25(31)30-29-13-16-9-20(26)24(21(27)10-16)33-14-15-4-3-5-18(28)8-15/h3-13H,2,14H2,1H3,(H,30,31)/b29-13+. The van der Waals surface area contributed by atoms with Crippen molar-refractivity contribution in [2.45, 2.75) is 13.5 Å². The molecule has 1 N–H and O–H groups in total. The Hall–Kier alpha value is -3.17. The minimum absolute atomic E-state index is 0.143. The van der Waals surface area contributed by atoms with Crippen LogP contribution in [0.3, 0.4) is 0 Å². The molecule has 0 aliphatic rings. The fourth-order valence-corrected chi connectivity index (χ4v) is 4.64. The molecule has 0 radical (unpaired) electrons. The maximum absolute atomic E-state index is 13.4. The lowest BCUT2D eigenvalue weighted by atomic mass is 10.2. The van der Waals surface area contributed by atoms with E-state index in [0.29, 0.717) is 43.8 Å². The van der Waals surface area contributed by atoms with Crippen LogP contribution in [0.5, 0.6) is 11.5 Å². The van der Waals surface area contributed by atoms with Crippen molar-refractivity contribution < 1.29 is 23.1 Å². The van der Waals surface area contributed by atoms with Crippen LogP contribution in [0.2, 0.25) is 0 Å². The van der Waals surface area contributed by atoms with Crippen LogP contribution in [0.4, 0.5) is 4.39 Å². The van der Waals surface area contributed by atoms with Crippen LogP contribution >= 0.6 is 31.9 Å². The molecule has 0 fully saturated rings. The summed E-state index contributed by atoms with van der Waals surface area (Å²) >= 11 is 6.95. The second-order valence-corrected chi connectivity index (χ2v) is 8.88. The zero-order valence-corrected chi connectivity index (χ0v) is 21.2. The maximum atomic E-state index is 13.4. The van der Waals surface area contributed by atoms with Crippen LogP contribution in [0.25, 0.3) is 11.0 Å². The van der Waals surface area contributed by atoms with Crippen molar-refractivity contribution in [3.8, 4) is 11.5 Å². The molecule has 1 aromatic heterocycles. The van der Waals surface area contributed by atoms with E-state index in [2.05, 4.69) is 42.4 Å². The van der Waals surface area contributed by atoms with Crippen LogP contribution in [0.15, 0.2) is 79.1 Å². The van der Waals surface area contributed by atoms with Gasteiger partial charge in [0.05, 0.1) is 21.8 Å². The molecule has 1 heterocycles. The Balaban J connectivity index is 1.40. The highest BCUT2D eigenvalue weighted by Gasteiger charge is 2.13. The second-order valence-electron chi connectivity index (χ2n) is 7.17. The first kappa shape index (κ1) is 24.0. The van der Waals surface area contributed by atoms with E-state index in [9.17, 15) is 9.18 Å². The Morgan fingerprint density at radius 3 is 2.62 bits per heavy atom. The molecule has 4 aromatic rings. The molecule has 0 aliphatic carbocycles. The van der Waals surface area contributed by atoms with Gasteiger partial charge in [-0.3, -0.25) is 4.79 Å². The SMILES string of the molecule is CCOc1ccc2oc(C(=O)N/N=C/c3cc(Br)c(OCc4cccc(F)c4)c(Br)c3)cc2c1. The zero-order chi connectivity index (χ0) is 24.1. The summed E-state index contributed by atoms with van der Waals surface area (Å²) in [4.78, 5) is 12.4. The average Bonchev–Trinajstić information content (AvgIpc) is 3.22. The second kappa shape index (κ2) is 10.8. The summed E-state index contributed by atoms with van der Waals surface area (Å²) in [5.41, 5.74) is 4.47. The third-order valence-electron chi connectivity index (χ3n) is 4.70. The topological polar surface area (TPSA) is 73.1 Å². The summed E-state index contributed by atoms with van der Waals surface area (Å²) in [5.74, 6) is 0.632. The monoisotopic (exact) mass is 588 g/mol. The summed E-state index contributed by atoms with van der Waals surface area (Å²) in [6, 6.07) is 16.8. The predicted octanol–water partition coefficient (Wildman–Crippen LogP) is 6.84. The summed E-state index contributed by atoms with van der Waals surface area (Å²) < 4.78 is 31.6. The summed E-state index contributed by atoms with van der Waals surface area (Å²) in [6.45, 7) is 2.67. The molecule has 1 amide bonds. The number of hydrogen-bond acceptors (Lipinski definition) is 5. The lowest BCUT2D eigenvalue weighted by molar-refractivity contribution is 0.0929. The van der Waals surface area contributed by atoms with Gasteiger partial charge >= 0.3 is 5.91 Å². The van der Waals surface area contributed by atoms with Crippen molar-refractivity contribution >= 4 is 55.0 Å². The van der Waals surface area contributed by atoms with E-state index < -0.39 is 5.91 Å². The van der Waals surface area contributed by atoms with Crippen molar-refractivity contribution in [1.82, 2.24) is 5.43 Å². The number of hydrogen-bond donors (Lipinski definition) is 1. The zero-order valence-electron chi connectivity index (χ0n) is 18.0. The van der Waals surface area contributed by atoms with Crippen LogP contribution < -0.4 is 14.9 Å². The predicted molar refractivity (Wildman–Crippen MR) is 135 cm³/mol. The van der Waals surface area contributed by atoms with Gasteiger partial charge < -0.3 is 13.9 Å². The van der Waals surface area contributed by atoms with Crippen molar-refractivity contribution in [1.29, 1.82) is 0 Å². The molecule has 0 saturated carbocycles. The fraction of sp³-hybridized carbons (Fsp3) is 0.120. The minimum Gasteiger partial charge on any atom is -0.494 e. The quantitative estimate of drug-likeness (QED) is 0.180. The highest BCUT2D eigenvalue weighted by Crippen LogP contribution is 2.35. The number of nitrogens with one attached hydrogen (secondary N) is 1. The van der Waals surface area contributed by atoms with E-state index in [1.54, 1.807) is 42.5 Å². The molecule has 0 atom stereocenters. The normalized spacial score (nSPS) is 11.2. The average molecular weight is 590 g/mol. The van der Waals surface area contributed by atoms with Crippen molar-refractivity contribution in [2.75, 3.05) is 6.61 Å². The Bertz CT molecular complexity index is 1350. The number of halogens is 3. The minimum atomic E-state index is -0.474. The molecular formula is C25H19Br2FN2O4. The van der Waals surface area contributed by atoms with Gasteiger partial charge in [0.1, 0.15) is 29.5 Å². The van der Waals surface area contributed by atoms with Gasteiger partial charge in [-0.15, -0.1) is 0 Å². The molecular weight excluding hydrogens is 571 g/mol. The summed E-state index contributed by atoms with van der Waals surface area (Å²) in [7, 11) is 0. The van der Waals surface area contributed by atoms with E-state index in [1.165, 1.54) is 18.3 Å². The molecule has 4 rings (SSSR count). The number of hydrazone groups is 1. The summed E-state index contributed by atoms with van der Waals surface area (Å²) in [5, 5.41) is 4.78. The number of carbonyl (C=O) groups is 1. The lowest BCUT2D eigenvalue weighted by Crippen LogP contribution is -2.16. The Labute approximate surface area is 212 Å². The third kappa shape index (κ3) is 5.84. The van der Waals surface area contributed by atoms with Crippen LogP contribution in [-0.4, -0.2) is 18.7 Å². The van der Waals surface area contributed by atoms with Gasteiger partial charge in [0.25, 0.3) is 0 Å². The number of amides is 1. The van der Waals surface area contributed by atoms with Crippen LogP contribution in [-0.2, 0) is 6.61 Å². The Morgan fingerprint density at radius 1 is 1.09 bits per heavy atom. The molecule has 0 unspecified atom stereocenters. The van der Waals surface area contributed by atoms with E-state index in [4.69, 9.17) is 13.9 Å². The Morgan fingerprint density at radius 2 is 1.88 bits per heavy atom. The van der Waals surface area contributed by atoms with E-state index in [0.717, 1.165) is 5.39 Å². The molecule has 9 heteroatoms. The molecule has 0 saturated heterocycles. The van der Waals surface area contributed by atoms with Gasteiger partial charge in [0.15, 0.2) is 5.76 Å². The summed E-state index contributed by atoms with van der Waals surface area (Å²) in [6.07, 6.45) is 1.50. The molecule has 6 nitrogen and oxygen atoms in total. The molecule has 34 heavy (non-hydrogen) atoms. The number of rotatable bonds is 8. The number of fused-ring (bicyclic) bond motifs is 1. The first-order valence-corrected chi connectivity index (χ1v) is 11.9. The molecule has 174 valence electrons. The number of carbonyl (C=O) groups excluding carboxylic acids is 1. The molecule has 3 aromatic carbocycles. The number of ether oxygens (including phenoxy) is 2. The molecule has 0 bridgehead atoms. The van der Waals surface area contributed by atoms with Gasteiger partial charge in [-0.2, -0.15) is 5.10 Å². The smallest absolute Gasteiger partial charge is 0.307 e. The van der Waals surface area contributed by atoms with E-state index >= 15 is 0 Å². The maximum Gasteiger partial charge on any atom is 0.307 e. The fourth-order valence-electron chi connectivity index (χ4n) is 3.18. The van der Waals surface area contributed by atoms with Gasteiger partial charge in [-0.1, -0.05) is 12.1 Å². The lowest BCUT2D eigenvalue weighted by Gasteiger charge is -2.11. The number of furan rings is 1. The Kier molecular flexibility index (Phi) is 7.64. The van der Waals surface area contributed by atoms with Crippen molar-refractivity contribution in [3.63, 3.8) is 0 Å². The van der Waals surface area contributed by atoms with Crippen LogP contribution in [0, 0.1) is 5.82 Å². The van der Waals surface area contributed by atoms with E-state index in [1.807, 2.05) is 13.0 Å². The van der Waals surface area contributed by atoms with Gasteiger partial charge in [-0.25, -0.2) is 9.82 Å². The van der Waals surface area contributed by atoms with Crippen molar-refractivity contribution in [2.24, 2.45) is 5.10 Å². The van der Waals surface area contributed by atoms with Gasteiger partial charge in [-0.05, 0) is 98.4 Å². The van der Waals surface area contributed by atoms with Gasteiger partial charge in [0, 0.05) is 5.39 Å². The van der Waals surface area contributed by atoms with Crippen molar-refractivity contribution in [3.05, 3.63) is 92.3 Å².